The van der Waals surface area contributed by atoms with Crippen molar-refractivity contribution in [1.29, 1.82) is 0 Å². The predicted molar refractivity (Wildman–Crippen MR) is 121 cm³/mol. The zero-order valence-electron chi connectivity index (χ0n) is 17.6. The van der Waals surface area contributed by atoms with Crippen LogP contribution < -0.4 is 21.5 Å². The van der Waals surface area contributed by atoms with Gasteiger partial charge >= 0.3 is 0 Å². The molecule has 9 nitrogen and oxygen atoms in total. The van der Waals surface area contributed by atoms with Crippen molar-refractivity contribution in [1.82, 2.24) is 15.2 Å². The molecule has 1 unspecified atom stereocenters. The lowest BCUT2D eigenvalue weighted by Crippen LogP contribution is -2.38. The molecule has 1 aromatic heterocycles. The van der Waals surface area contributed by atoms with E-state index in [1.807, 2.05) is 0 Å². The molecule has 0 spiro atoms. The van der Waals surface area contributed by atoms with Gasteiger partial charge in [0.25, 0.3) is 5.91 Å². The van der Waals surface area contributed by atoms with Crippen molar-refractivity contribution in [3.8, 4) is 5.75 Å². The Hall–Kier alpha value is -3.99. The van der Waals surface area contributed by atoms with Crippen molar-refractivity contribution >= 4 is 34.2 Å². The highest BCUT2D eigenvalue weighted by Crippen LogP contribution is 2.40. The van der Waals surface area contributed by atoms with E-state index in [1.165, 1.54) is 35.5 Å². The number of methoxy groups -OCH3 is 1. The number of carbonyl (C=O) groups excluding carboxylic acids is 2. The number of guanidine groups is 1. The minimum absolute atomic E-state index is 0.122. The first-order valence-corrected chi connectivity index (χ1v) is 10.7. The number of benzene rings is 2. The van der Waals surface area contributed by atoms with Gasteiger partial charge in [-0.2, -0.15) is 4.99 Å². The molecule has 0 fully saturated rings. The number of nitrogens with two attached hydrogens (primary N) is 2. The van der Waals surface area contributed by atoms with E-state index < -0.39 is 6.04 Å². The van der Waals surface area contributed by atoms with E-state index in [1.54, 1.807) is 36.5 Å². The van der Waals surface area contributed by atoms with Gasteiger partial charge < -0.3 is 26.4 Å². The average Bonchev–Trinajstić information content (AvgIpc) is 3.34. The van der Waals surface area contributed by atoms with Gasteiger partial charge in [-0.3, -0.25) is 9.59 Å². The molecule has 1 aliphatic rings. The Labute approximate surface area is 192 Å². The Kier molecular flexibility index (Phi) is 6.22. The van der Waals surface area contributed by atoms with Gasteiger partial charge in [0.1, 0.15) is 17.6 Å². The molecule has 0 radical (unpaired) electrons. The van der Waals surface area contributed by atoms with Crippen molar-refractivity contribution in [2.45, 2.75) is 19.1 Å². The van der Waals surface area contributed by atoms with Crippen LogP contribution in [0.3, 0.4) is 0 Å². The maximum absolute atomic E-state index is 13.3. The number of aliphatic imine (C=N–C) groups is 1. The number of carbonyl (C=O) groups is 2. The molecule has 0 saturated heterocycles. The van der Waals surface area contributed by atoms with Gasteiger partial charge in [-0.1, -0.05) is 35.6 Å². The second kappa shape index (κ2) is 9.25. The van der Waals surface area contributed by atoms with Crippen LogP contribution in [0.25, 0.3) is 0 Å². The third kappa shape index (κ3) is 4.62. The molecule has 5 N–H and O–H groups in total. The van der Waals surface area contributed by atoms with Crippen LogP contribution in [-0.2, 0) is 17.9 Å². The number of rotatable bonds is 7. The largest absolute Gasteiger partial charge is 0.496 e. The number of hydrogen-bond donors (Lipinski definition) is 3. The molecule has 2 aromatic carbocycles. The number of aromatic nitrogens is 1. The lowest BCUT2D eigenvalue weighted by atomic mass is 10.0. The summed E-state index contributed by atoms with van der Waals surface area (Å²) in [7, 11) is 1.47. The van der Waals surface area contributed by atoms with E-state index in [4.69, 9.17) is 16.2 Å². The molecular weight excluding hydrogens is 447 g/mol. The maximum atomic E-state index is 13.3. The van der Waals surface area contributed by atoms with E-state index in [-0.39, 0.29) is 36.7 Å². The highest BCUT2D eigenvalue weighted by Gasteiger charge is 2.43. The van der Waals surface area contributed by atoms with Gasteiger partial charge in [0.05, 0.1) is 19.2 Å². The minimum atomic E-state index is -0.878. The van der Waals surface area contributed by atoms with E-state index in [0.29, 0.717) is 26.9 Å². The van der Waals surface area contributed by atoms with Crippen molar-refractivity contribution in [3.63, 3.8) is 0 Å². The summed E-state index contributed by atoms with van der Waals surface area (Å²) >= 11 is 1.21. The molecule has 33 heavy (non-hydrogen) atoms. The van der Waals surface area contributed by atoms with Crippen LogP contribution in [0.5, 0.6) is 5.75 Å². The number of nitrogens with one attached hydrogen (secondary N) is 1. The van der Waals surface area contributed by atoms with Crippen molar-refractivity contribution < 1.29 is 18.7 Å². The van der Waals surface area contributed by atoms with E-state index in [0.717, 1.165) is 5.56 Å². The van der Waals surface area contributed by atoms with E-state index in [2.05, 4.69) is 15.3 Å². The fourth-order valence-electron chi connectivity index (χ4n) is 3.64. The normalized spacial score (nSPS) is 14.7. The summed E-state index contributed by atoms with van der Waals surface area (Å²) in [5.74, 6) is -0.789. The van der Waals surface area contributed by atoms with Crippen LogP contribution in [-0.4, -0.2) is 34.8 Å². The first kappa shape index (κ1) is 22.2. The zero-order valence-corrected chi connectivity index (χ0v) is 18.4. The van der Waals surface area contributed by atoms with Crippen LogP contribution >= 0.6 is 11.3 Å². The second-order valence-corrected chi connectivity index (χ2v) is 8.34. The van der Waals surface area contributed by atoms with Gasteiger partial charge in [-0.05, 0) is 23.8 Å². The Morgan fingerprint density at radius 2 is 2.03 bits per heavy atom. The van der Waals surface area contributed by atoms with Crippen LogP contribution in [0.2, 0.25) is 0 Å². The topological polar surface area (TPSA) is 136 Å². The highest BCUT2D eigenvalue weighted by molar-refractivity contribution is 7.15. The van der Waals surface area contributed by atoms with Crippen LogP contribution in [0.4, 0.5) is 9.52 Å². The predicted octanol–water partition coefficient (Wildman–Crippen LogP) is 2.21. The first-order valence-electron chi connectivity index (χ1n) is 9.91. The molecule has 1 atom stereocenters. The highest BCUT2D eigenvalue weighted by atomic mass is 32.1. The number of fused-ring (bicyclic) bond motifs is 1. The lowest BCUT2D eigenvalue weighted by molar-refractivity contribution is -0.125. The summed E-state index contributed by atoms with van der Waals surface area (Å²) < 4.78 is 18.5. The Balaban J connectivity index is 1.62. The van der Waals surface area contributed by atoms with Crippen molar-refractivity contribution in [3.05, 3.63) is 76.0 Å². The molecule has 0 aliphatic carbocycles. The number of nitrogens with zero attached hydrogens (tertiary/aromatic N) is 3. The third-order valence-corrected chi connectivity index (χ3v) is 5.96. The molecule has 170 valence electrons. The Bertz CT molecular complexity index is 1220. The Morgan fingerprint density at radius 1 is 1.27 bits per heavy atom. The number of thiazole rings is 1. The standard InChI is InChI=1S/C22H21FN6O3S/c1-32-16-4-2-3-15-17(16)20(31)29(11-14-10-27-22(33-14)28-21(24)25)18(15)19(30)26-9-12-5-7-13(23)8-6-12/h2-8,10,18H,9,11H2,1H3,(H,26,30)(H4,24,25,27,28). The molecular formula is C22H21FN6O3S. The van der Waals surface area contributed by atoms with Crippen molar-refractivity contribution in [2.24, 2.45) is 16.5 Å². The van der Waals surface area contributed by atoms with Gasteiger partial charge in [0, 0.05) is 23.2 Å². The first-order chi connectivity index (χ1) is 15.9. The molecule has 4 rings (SSSR count). The van der Waals surface area contributed by atoms with Crippen LogP contribution in [0, 0.1) is 5.82 Å². The molecule has 0 bridgehead atoms. The molecule has 3 aromatic rings. The van der Waals surface area contributed by atoms with Gasteiger partial charge in [-0.25, -0.2) is 9.37 Å². The number of ether oxygens (including phenoxy) is 1. The Morgan fingerprint density at radius 3 is 2.73 bits per heavy atom. The fraction of sp³-hybridized carbons (Fsp3) is 0.182. The van der Waals surface area contributed by atoms with E-state index >= 15 is 0 Å². The van der Waals surface area contributed by atoms with E-state index in [9.17, 15) is 14.0 Å². The summed E-state index contributed by atoms with van der Waals surface area (Å²) in [4.78, 5) is 36.8. The fourth-order valence-corrected chi connectivity index (χ4v) is 4.44. The minimum Gasteiger partial charge on any atom is -0.496 e. The summed E-state index contributed by atoms with van der Waals surface area (Å²) in [5.41, 5.74) is 12.4. The lowest BCUT2D eigenvalue weighted by Gasteiger charge is -2.24. The molecule has 2 amide bonds. The second-order valence-electron chi connectivity index (χ2n) is 7.25. The smallest absolute Gasteiger partial charge is 0.259 e. The number of hydrogen-bond acceptors (Lipinski definition) is 6. The average molecular weight is 469 g/mol. The third-order valence-electron chi connectivity index (χ3n) is 5.08. The summed E-state index contributed by atoms with van der Waals surface area (Å²) in [6.07, 6.45) is 1.56. The molecule has 2 heterocycles. The summed E-state index contributed by atoms with van der Waals surface area (Å²) in [6.45, 7) is 0.315. The monoisotopic (exact) mass is 468 g/mol. The summed E-state index contributed by atoms with van der Waals surface area (Å²) in [6, 6.07) is 10.1. The van der Waals surface area contributed by atoms with Crippen molar-refractivity contribution in [2.75, 3.05) is 7.11 Å². The molecule has 11 heteroatoms. The number of amides is 2. The van der Waals surface area contributed by atoms with Gasteiger partial charge in [0.2, 0.25) is 11.0 Å². The quantitative estimate of drug-likeness (QED) is 0.359. The number of halogens is 1. The summed E-state index contributed by atoms with van der Waals surface area (Å²) in [5, 5.41) is 3.19. The maximum Gasteiger partial charge on any atom is 0.259 e. The van der Waals surface area contributed by atoms with Crippen LogP contribution in [0.1, 0.15) is 32.4 Å². The van der Waals surface area contributed by atoms with Gasteiger partial charge in [-0.15, -0.1) is 0 Å². The van der Waals surface area contributed by atoms with Gasteiger partial charge in [0.15, 0.2) is 5.96 Å². The molecule has 0 saturated carbocycles. The zero-order chi connectivity index (χ0) is 23.5. The molecule has 1 aliphatic heterocycles. The SMILES string of the molecule is COc1cccc2c1C(=O)N(Cc1cnc(N=C(N)N)s1)C2C(=O)NCc1ccc(F)cc1. The van der Waals surface area contributed by atoms with Crippen LogP contribution in [0.15, 0.2) is 53.7 Å².